The lowest BCUT2D eigenvalue weighted by Gasteiger charge is -2.35. The van der Waals surface area contributed by atoms with Crippen LogP contribution in [-0.2, 0) is 4.79 Å². The molecule has 2 N–H and O–H groups in total. The van der Waals surface area contributed by atoms with E-state index in [-0.39, 0.29) is 5.92 Å². The fraction of sp³-hybridized carbons (Fsp3) is 0.900. The van der Waals surface area contributed by atoms with Crippen LogP contribution in [0.1, 0.15) is 13.3 Å². The van der Waals surface area contributed by atoms with Gasteiger partial charge in [0, 0.05) is 32.2 Å². The lowest BCUT2D eigenvalue weighted by atomic mass is 10.1. The lowest BCUT2D eigenvalue weighted by Crippen LogP contribution is -2.54. The summed E-state index contributed by atoms with van der Waals surface area (Å²) in [5, 5.41) is 6.54. The molecular weight excluding hydrogens is 178 g/mol. The topological polar surface area (TPSA) is 44.4 Å². The van der Waals surface area contributed by atoms with E-state index in [0.29, 0.717) is 11.9 Å². The second kappa shape index (κ2) is 4.28. The molecular formula is C10H19N3O. The summed E-state index contributed by atoms with van der Waals surface area (Å²) in [5.74, 6) is 0.583. The van der Waals surface area contributed by atoms with Gasteiger partial charge in [-0.25, -0.2) is 0 Å². The zero-order chi connectivity index (χ0) is 9.97. The SMILES string of the molecule is CC1CNCCN1C(=O)[C@@H]1CCNC1. The molecule has 4 nitrogen and oxygen atoms in total. The molecule has 1 unspecified atom stereocenters. The number of nitrogens with zero attached hydrogens (tertiary/aromatic N) is 1. The molecule has 0 radical (unpaired) electrons. The van der Waals surface area contributed by atoms with Gasteiger partial charge in [0.25, 0.3) is 0 Å². The van der Waals surface area contributed by atoms with E-state index in [0.717, 1.165) is 39.1 Å². The van der Waals surface area contributed by atoms with Crippen molar-refractivity contribution >= 4 is 5.91 Å². The molecule has 0 aromatic rings. The molecule has 0 aliphatic carbocycles. The number of piperazine rings is 1. The average molecular weight is 197 g/mol. The van der Waals surface area contributed by atoms with Crippen molar-refractivity contribution in [1.82, 2.24) is 15.5 Å². The number of rotatable bonds is 1. The molecule has 2 rings (SSSR count). The van der Waals surface area contributed by atoms with Gasteiger partial charge in [0.05, 0.1) is 5.92 Å². The largest absolute Gasteiger partial charge is 0.337 e. The van der Waals surface area contributed by atoms with E-state index in [1.54, 1.807) is 0 Å². The molecule has 2 atom stereocenters. The normalized spacial score (nSPS) is 33.4. The van der Waals surface area contributed by atoms with Crippen molar-refractivity contribution in [3.63, 3.8) is 0 Å². The monoisotopic (exact) mass is 197 g/mol. The van der Waals surface area contributed by atoms with Crippen LogP contribution in [0, 0.1) is 5.92 Å². The summed E-state index contributed by atoms with van der Waals surface area (Å²) in [6, 6.07) is 0.358. The molecule has 2 aliphatic heterocycles. The van der Waals surface area contributed by atoms with Crippen LogP contribution in [0.5, 0.6) is 0 Å². The summed E-state index contributed by atoms with van der Waals surface area (Å²) in [5.41, 5.74) is 0. The lowest BCUT2D eigenvalue weighted by molar-refractivity contribution is -0.137. The summed E-state index contributed by atoms with van der Waals surface area (Å²) in [6.07, 6.45) is 1.01. The maximum absolute atomic E-state index is 12.1. The van der Waals surface area contributed by atoms with Gasteiger partial charge in [-0.15, -0.1) is 0 Å². The molecule has 2 saturated heterocycles. The third-order valence-corrected chi connectivity index (χ3v) is 3.19. The van der Waals surface area contributed by atoms with Gasteiger partial charge in [-0.1, -0.05) is 0 Å². The Bertz CT molecular complexity index is 213. The van der Waals surface area contributed by atoms with Crippen molar-refractivity contribution in [3.05, 3.63) is 0 Å². The Hall–Kier alpha value is -0.610. The van der Waals surface area contributed by atoms with Gasteiger partial charge in [-0.2, -0.15) is 0 Å². The highest BCUT2D eigenvalue weighted by atomic mass is 16.2. The number of hydrogen-bond acceptors (Lipinski definition) is 3. The summed E-state index contributed by atoms with van der Waals surface area (Å²) in [4.78, 5) is 14.1. The second-order valence-corrected chi connectivity index (χ2v) is 4.27. The van der Waals surface area contributed by atoms with Crippen LogP contribution in [0.15, 0.2) is 0 Å². The fourth-order valence-electron chi connectivity index (χ4n) is 2.27. The van der Waals surface area contributed by atoms with E-state index < -0.39 is 0 Å². The van der Waals surface area contributed by atoms with E-state index in [4.69, 9.17) is 0 Å². The Kier molecular flexibility index (Phi) is 3.03. The molecule has 0 saturated carbocycles. The summed E-state index contributed by atoms with van der Waals surface area (Å²) in [7, 11) is 0. The molecule has 1 amide bonds. The van der Waals surface area contributed by atoms with E-state index >= 15 is 0 Å². The zero-order valence-electron chi connectivity index (χ0n) is 8.75. The Balaban J connectivity index is 1.94. The highest BCUT2D eigenvalue weighted by molar-refractivity contribution is 5.79. The quantitative estimate of drug-likeness (QED) is 0.591. The van der Waals surface area contributed by atoms with E-state index in [2.05, 4.69) is 17.6 Å². The first kappa shape index (κ1) is 9.93. The Morgan fingerprint density at radius 3 is 2.71 bits per heavy atom. The van der Waals surface area contributed by atoms with Gasteiger partial charge < -0.3 is 15.5 Å². The first-order valence-electron chi connectivity index (χ1n) is 5.51. The van der Waals surface area contributed by atoms with Crippen molar-refractivity contribution in [2.45, 2.75) is 19.4 Å². The number of carbonyl (C=O) groups is 1. The smallest absolute Gasteiger partial charge is 0.227 e. The minimum absolute atomic E-state index is 0.232. The standard InChI is InChI=1S/C10H19N3O/c1-8-6-12-4-5-13(8)10(14)9-2-3-11-7-9/h8-9,11-12H,2-7H2,1H3/t8?,9-/m1/s1. The van der Waals surface area contributed by atoms with Crippen molar-refractivity contribution in [3.8, 4) is 0 Å². The zero-order valence-corrected chi connectivity index (χ0v) is 8.75. The maximum Gasteiger partial charge on any atom is 0.227 e. The van der Waals surface area contributed by atoms with E-state index in [1.165, 1.54) is 0 Å². The van der Waals surface area contributed by atoms with E-state index in [9.17, 15) is 4.79 Å². The van der Waals surface area contributed by atoms with Crippen LogP contribution in [0.4, 0.5) is 0 Å². The van der Waals surface area contributed by atoms with Gasteiger partial charge in [0.15, 0.2) is 0 Å². The third kappa shape index (κ3) is 1.91. The van der Waals surface area contributed by atoms with Crippen LogP contribution in [0.2, 0.25) is 0 Å². The molecule has 2 heterocycles. The predicted octanol–water partition coefficient (Wildman–Crippen LogP) is -0.584. The van der Waals surface area contributed by atoms with Crippen LogP contribution in [-0.4, -0.2) is 49.6 Å². The molecule has 0 spiro atoms. The minimum atomic E-state index is 0.232. The van der Waals surface area contributed by atoms with Crippen molar-refractivity contribution in [2.75, 3.05) is 32.7 Å². The number of amides is 1. The second-order valence-electron chi connectivity index (χ2n) is 4.27. The first-order chi connectivity index (χ1) is 6.79. The van der Waals surface area contributed by atoms with Gasteiger partial charge in [0.1, 0.15) is 0 Å². The van der Waals surface area contributed by atoms with Gasteiger partial charge >= 0.3 is 0 Å². The molecule has 80 valence electrons. The van der Waals surface area contributed by atoms with Crippen LogP contribution in [0.25, 0.3) is 0 Å². The predicted molar refractivity (Wildman–Crippen MR) is 55.0 cm³/mol. The fourth-order valence-corrected chi connectivity index (χ4v) is 2.27. The number of nitrogens with one attached hydrogen (secondary N) is 2. The summed E-state index contributed by atoms with van der Waals surface area (Å²) < 4.78 is 0. The Morgan fingerprint density at radius 1 is 1.29 bits per heavy atom. The molecule has 4 heteroatoms. The number of carbonyl (C=O) groups excluding carboxylic acids is 1. The molecule has 0 aromatic heterocycles. The summed E-state index contributed by atoms with van der Waals surface area (Å²) in [6.45, 7) is 6.73. The molecule has 2 aliphatic rings. The highest BCUT2D eigenvalue weighted by Gasteiger charge is 2.30. The minimum Gasteiger partial charge on any atom is -0.337 e. The van der Waals surface area contributed by atoms with Crippen molar-refractivity contribution in [1.29, 1.82) is 0 Å². The van der Waals surface area contributed by atoms with Crippen molar-refractivity contribution in [2.24, 2.45) is 5.92 Å². The van der Waals surface area contributed by atoms with Crippen molar-refractivity contribution < 1.29 is 4.79 Å². The first-order valence-corrected chi connectivity index (χ1v) is 5.51. The van der Waals surface area contributed by atoms with Crippen LogP contribution >= 0.6 is 0 Å². The maximum atomic E-state index is 12.1. The Morgan fingerprint density at radius 2 is 2.07 bits per heavy atom. The highest BCUT2D eigenvalue weighted by Crippen LogP contribution is 2.14. The van der Waals surface area contributed by atoms with Gasteiger partial charge in [0.2, 0.25) is 5.91 Å². The van der Waals surface area contributed by atoms with Crippen LogP contribution < -0.4 is 10.6 Å². The molecule has 14 heavy (non-hydrogen) atoms. The average Bonchev–Trinajstić information content (AvgIpc) is 2.70. The molecule has 0 bridgehead atoms. The molecule has 0 aromatic carbocycles. The van der Waals surface area contributed by atoms with Gasteiger partial charge in [-0.05, 0) is 19.9 Å². The van der Waals surface area contributed by atoms with Gasteiger partial charge in [-0.3, -0.25) is 4.79 Å². The summed E-state index contributed by atoms with van der Waals surface area (Å²) >= 11 is 0. The third-order valence-electron chi connectivity index (χ3n) is 3.19. The Labute approximate surface area is 85.0 Å². The number of hydrogen-bond donors (Lipinski definition) is 2. The van der Waals surface area contributed by atoms with E-state index in [1.807, 2.05) is 4.90 Å². The van der Waals surface area contributed by atoms with Crippen LogP contribution in [0.3, 0.4) is 0 Å². The molecule has 2 fully saturated rings.